The van der Waals surface area contributed by atoms with Crippen molar-refractivity contribution >= 4 is 5.97 Å². The van der Waals surface area contributed by atoms with Crippen LogP contribution < -0.4 is 4.74 Å². The quantitative estimate of drug-likeness (QED) is 0.850. The molecule has 82 valence electrons. The Kier molecular flexibility index (Phi) is 2.86. The molecular weight excluding hydrogens is 210 g/mol. The highest BCUT2D eigenvalue weighted by Gasteiger charge is 2.04. The standard InChI is InChI=1S/C11H9NO4/c13-11(14)9-2-1-3-10(4-9)15-6-8-5-12-16-7-8/h1-5,7H,6H2,(H,13,14). The molecule has 0 fully saturated rings. The van der Waals surface area contributed by atoms with Gasteiger partial charge in [-0.15, -0.1) is 0 Å². The van der Waals surface area contributed by atoms with Crippen molar-refractivity contribution in [3.63, 3.8) is 0 Å². The highest BCUT2D eigenvalue weighted by molar-refractivity contribution is 5.87. The van der Waals surface area contributed by atoms with E-state index in [1.165, 1.54) is 18.4 Å². The smallest absolute Gasteiger partial charge is 0.335 e. The molecule has 16 heavy (non-hydrogen) atoms. The third kappa shape index (κ3) is 2.38. The fraction of sp³-hybridized carbons (Fsp3) is 0.0909. The van der Waals surface area contributed by atoms with Gasteiger partial charge in [0.2, 0.25) is 0 Å². The minimum absolute atomic E-state index is 0.197. The highest BCUT2D eigenvalue weighted by Crippen LogP contribution is 2.14. The summed E-state index contributed by atoms with van der Waals surface area (Å²) in [5.41, 5.74) is 0.989. The number of carboxylic acids is 1. The number of carboxylic acid groups (broad SMARTS) is 1. The molecule has 0 aliphatic carbocycles. The molecule has 0 amide bonds. The summed E-state index contributed by atoms with van der Waals surface area (Å²) < 4.78 is 10.0. The van der Waals surface area contributed by atoms with Crippen LogP contribution >= 0.6 is 0 Å². The average molecular weight is 219 g/mol. The van der Waals surface area contributed by atoms with Crippen molar-refractivity contribution in [3.8, 4) is 5.75 Å². The van der Waals surface area contributed by atoms with E-state index >= 15 is 0 Å². The summed E-state index contributed by atoms with van der Waals surface area (Å²) in [6.07, 6.45) is 3.02. The summed E-state index contributed by atoms with van der Waals surface area (Å²) in [5, 5.41) is 12.3. The Balaban J connectivity index is 2.04. The maximum Gasteiger partial charge on any atom is 0.335 e. The van der Waals surface area contributed by atoms with E-state index in [0.29, 0.717) is 12.4 Å². The number of hydrogen-bond donors (Lipinski definition) is 1. The van der Waals surface area contributed by atoms with Crippen molar-refractivity contribution < 1.29 is 19.2 Å². The van der Waals surface area contributed by atoms with Crippen LogP contribution in [0.1, 0.15) is 15.9 Å². The van der Waals surface area contributed by atoms with Crippen molar-refractivity contribution in [2.24, 2.45) is 0 Å². The predicted molar refractivity (Wildman–Crippen MR) is 54.2 cm³/mol. The van der Waals surface area contributed by atoms with E-state index in [1.807, 2.05) is 0 Å². The molecule has 1 heterocycles. The lowest BCUT2D eigenvalue weighted by Crippen LogP contribution is -1.98. The molecule has 1 aromatic carbocycles. The first-order valence-corrected chi connectivity index (χ1v) is 4.60. The van der Waals surface area contributed by atoms with Crippen LogP contribution in [0.3, 0.4) is 0 Å². The Morgan fingerprint density at radius 1 is 1.50 bits per heavy atom. The summed E-state index contributed by atoms with van der Waals surface area (Å²) in [6, 6.07) is 6.30. The molecule has 5 nitrogen and oxygen atoms in total. The minimum Gasteiger partial charge on any atom is -0.489 e. The highest BCUT2D eigenvalue weighted by atomic mass is 16.5. The second-order valence-corrected chi connectivity index (χ2v) is 3.15. The number of hydrogen-bond acceptors (Lipinski definition) is 4. The van der Waals surface area contributed by atoms with Crippen LogP contribution in [0.25, 0.3) is 0 Å². The van der Waals surface area contributed by atoms with Gasteiger partial charge in [-0.3, -0.25) is 0 Å². The molecule has 1 aromatic heterocycles. The number of rotatable bonds is 4. The SMILES string of the molecule is O=C(O)c1cccc(OCc2cnoc2)c1. The molecule has 2 aromatic rings. The van der Waals surface area contributed by atoms with Crippen LogP contribution in [0.2, 0.25) is 0 Å². The number of benzene rings is 1. The molecule has 0 aliphatic rings. The lowest BCUT2D eigenvalue weighted by molar-refractivity contribution is 0.0696. The Morgan fingerprint density at radius 2 is 2.38 bits per heavy atom. The second-order valence-electron chi connectivity index (χ2n) is 3.15. The first-order chi connectivity index (χ1) is 7.75. The van der Waals surface area contributed by atoms with E-state index in [2.05, 4.69) is 9.68 Å². The Labute approximate surface area is 91.3 Å². The van der Waals surface area contributed by atoms with Crippen LogP contribution in [-0.4, -0.2) is 16.2 Å². The molecule has 0 spiro atoms. The van der Waals surface area contributed by atoms with Gasteiger partial charge in [-0.25, -0.2) is 4.79 Å². The number of ether oxygens (including phenoxy) is 1. The summed E-state index contributed by atoms with van der Waals surface area (Å²) in [5.74, 6) is -0.475. The molecule has 0 saturated carbocycles. The van der Waals surface area contributed by atoms with E-state index in [4.69, 9.17) is 9.84 Å². The maximum absolute atomic E-state index is 10.7. The van der Waals surface area contributed by atoms with Crippen molar-refractivity contribution in [2.75, 3.05) is 0 Å². The number of carbonyl (C=O) groups is 1. The average Bonchev–Trinajstić information content (AvgIpc) is 2.79. The molecule has 2 rings (SSSR count). The second kappa shape index (κ2) is 4.48. The van der Waals surface area contributed by atoms with Gasteiger partial charge in [-0.1, -0.05) is 11.2 Å². The summed E-state index contributed by atoms with van der Waals surface area (Å²) >= 11 is 0. The van der Waals surface area contributed by atoms with Crippen molar-refractivity contribution in [2.45, 2.75) is 6.61 Å². The summed E-state index contributed by atoms with van der Waals surface area (Å²) in [6.45, 7) is 0.298. The molecule has 0 bridgehead atoms. The normalized spacial score (nSPS) is 10.0. The van der Waals surface area contributed by atoms with Gasteiger partial charge in [0.15, 0.2) is 0 Å². The third-order valence-electron chi connectivity index (χ3n) is 1.97. The van der Waals surface area contributed by atoms with Gasteiger partial charge >= 0.3 is 5.97 Å². The minimum atomic E-state index is -0.976. The number of aromatic carboxylic acids is 1. The summed E-state index contributed by atoms with van der Waals surface area (Å²) in [7, 11) is 0. The fourth-order valence-corrected chi connectivity index (χ4v) is 1.18. The fourth-order valence-electron chi connectivity index (χ4n) is 1.18. The molecule has 0 saturated heterocycles. The lowest BCUT2D eigenvalue weighted by atomic mass is 10.2. The number of aromatic nitrogens is 1. The van der Waals surface area contributed by atoms with E-state index < -0.39 is 5.97 Å². The van der Waals surface area contributed by atoms with Gasteiger partial charge in [0, 0.05) is 5.56 Å². The zero-order valence-corrected chi connectivity index (χ0v) is 8.29. The molecule has 0 radical (unpaired) electrons. The van der Waals surface area contributed by atoms with Crippen LogP contribution in [0.15, 0.2) is 41.2 Å². The molecule has 0 atom stereocenters. The van der Waals surface area contributed by atoms with Gasteiger partial charge in [0.1, 0.15) is 18.6 Å². The van der Waals surface area contributed by atoms with Crippen LogP contribution in [0.5, 0.6) is 5.75 Å². The monoisotopic (exact) mass is 219 g/mol. The third-order valence-corrected chi connectivity index (χ3v) is 1.97. The first-order valence-electron chi connectivity index (χ1n) is 4.60. The van der Waals surface area contributed by atoms with E-state index in [9.17, 15) is 4.79 Å². The molecule has 0 unspecified atom stereocenters. The zero-order valence-electron chi connectivity index (χ0n) is 8.29. The zero-order chi connectivity index (χ0) is 11.4. The van der Waals surface area contributed by atoms with E-state index in [1.54, 1.807) is 18.3 Å². The molecular formula is C11H9NO4. The van der Waals surface area contributed by atoms with Crippen LogP contribution in [0, 0.1) is 0 Å². The van der Waals surface area contributed by atoms with Gasteiger partial charge < -0.3 is 14.4 Å². The van der Waals surface area contributed by atoms with Gasteiger partial charge in [-0.05, 0) is 18.2 Å². The largest absolute Gasteiger partial charge is 0.489 e. The van der Waals surface area contributed by atoms with Gasteiger partial charge in [0.25, 0.3) is 0 Å². The maximum atomic E-state index is 10.7. The Hall–Kier alpha value is -2.30. The first kappa shape index (κ1) is 10.2. The van der Waals surface area contributed by atoms with Crippen molar-refractivity contribution in [3.05, 3.63) is 47.9 Å². The van der Waals surface area contributed by atoms with Crippen LogP contribution in [0.4, 0.5) is 0 Å². The Morgan fingerprint density at radius 3 is 3.06 bits per heavy atom. The Bertz CT molecular complexity index is 478. The van der Waals surface area contributed by atoms with Crippen LogP contribution in [-0.2, 0) is 6.61 Å². The van der Waals surface area contributed by atoms with Crippen molar-refractivity contribution in [1.29, 1.82) is 0 Å². The van der Waals surface area contributed by atoms with Crippen molar-refractivity contribution in [1.82, 2.24) is 5.16 Å². The van der Waals surface area contributed by atoms with Gasteiger partial charge in [-0.2, -0.15) is 0 Å². The topological polar surface area (TPSA) is 72.6 Å². The molecule has 0 aliphatic heterocycles. The van der Waals surface area contributed by atoms with E-state index in [-0.39, 0.29) is 5.56 Å². The van der Waals surface area contributed by atoms with E-state index in [0.717, 1.165) is 5.56 Å². The molecule has 1 N–H and O–H groups in total. The number of nitrogens with zero attached hydrogens (tertiary/aromatic N) is 1. The lowest BCUT2D eigenvalue weighted by Gasteiger charge is -2.04. The van der Waals surface area contributed by atoms with Gasteiger partial charge in [0.05, 0.1) is 11.8 Å². The predicted octanol–water partition coefficient (Wildman–Crippen LogP) is 1.95. The summed E-state index contributed by atoms with van der Waals surface area (Å²) in [4.78, 5) is 10.7. The molecule has 5 heteroatoms.